The number of amides is 3. The third kappa shape index (κ3) is 5.63. The predicted molar refractivity (Wildman–Crippen MR) is 140 cm³/mol. The van der Waals surface area contributed by atoms with Gasteiger partial charge in [-0.2, -0.15) is 0 Å². The summed E-state index contributed by atoms with van der Waals surface area (Å²) in [4.78, 5) is 43.7. The fourth-order valence-corrected chi connectivity index (χ4v) is 4.54. The van der Waals surface area contributed by atoms with Crippen molar-refractivity contribution in [3.8, 4) is 16.9 Å². The summed E-state index contributed by atoms with van der Waals surface area (Å²) in [6.07, 6.45) is 0.531. The molecule has 9 nitrogen and oxygen atoms in total. The molecule has 3 aromatic rings. The number of nitrogens with one attached hydrogen (secondary N) is 3. The van der Waals surface area contributed by atoms with Crippen LogP contribution in [0.4, 0.5) is 5.69 Å². The van der Waals surface area contributed by atoms with E-state index in [4.69, 9.17) is 0 Å². The van der Waals surface area contributed by atoms with E-state index in [2.05, 4.69) is 45.2 Å². The van der Waals surface area contributed by atoms with Gasteiger partial charge >= 0.3 is 0 Å². The van der Waals surface area contributed by atoms with Crippen molar-refractivity contribution in [3.05, 3.63) is 82.9 Å². The minimum Gasteiger partial charge on any atom is -0.507 e. The monoisotopic (exact) mass is 502 g/mol. The van der Waals surface area contributed by atoms with Gasteiger partial charge < -0.3 is 20.6 Å². The molecule has 1 heterocycles. The van der Waals surface area contributed by atoms with Gasteiger partial charge in [0.25, 0.3) is 11.8 Å². The Morgan fingerprint density at radius 1 is 1.00 bits per heavy atom. The Morgan fingerprint density at radius 3 is 2.38 bits per heavy atom. The van der Waals surface area contributed by atoms with E-state index in [1.165, 1.54) is 37.8 Å². The van der Waals surface area contributed by atoms with Crippen LogP contribution in [0.2, 0.25) is 0 Å². The van der Waals surface area contributed by atoms with Crippen LogP contribution in [0.15, 0.2) is 60.7 Å². The van der Waals surface area contributed by atoms with Crippen LogP contribution in [0.1, 0.15) is 51.2 Å². The van der Waals surface area contributed by atoms with Gasteiger partial charge in [0.05, 0.1) is 18.7 Å². The molecule has 0 saturated heterocycles. The average molecular weight is 503 g/mol. The zero-order valence-electron chi connectivity index (χ0n) is 21.0. The Balaban J connectivity index is 1.62. The first-order valence-electron chi connectivity index (χ1n) is 12.0. The molecular weight excluding hydrogens is 472 g/mol. The van der Waals surface area contributed by atoms with Crippen LogP contribution in [0.25, 0.3) is 11.1 Å². The van der Waals surface area contributed by atoms with Crippen molar-refractivity contribution in [2.45, 2.75) is 25.9 Å². The molecule has 0 unspecified atom stereocenters. The molecule has 1 aliphatic rings. The Bertz CT molecular complexity index is 1320. The summed E-state index contributed by atoms with van der Waals surface area (Å²) in [6.45, 7) is 2.77. The molecule has 37 heavy (non-hydrogen) atoms. The van der Waals surface area contributed by atoms with Gasteiger partial charge in [-0.15, -0.1) is 0 Å². The predicted octanol–water partition coefficient (Wildman–Crippen LogP) is 3.30. The summed E-state index contributed by atoms with van der Waals surface area (Å²) < 4.78 is 0. The molecule has 0 spiro atoms. The third-order valence-corrected chi connectivity index (χ3v) is 6.39. The number of hydroxylamine groups is 1. The number of hydrogen-bond acceptors (Lipinski definition) is 6. The van der Waals surface area contributed by atoms with Crippen LogP contribution in [0.3, 0.4) is 0 Å². The van der Waals surface area contributed by atoms with Crippen molar-refractivity contribution in [2.24, 2.45) is 0 Å². The highest BCUT2D eigenvalue weighted by Crippen LogP contribution is 2.37. The summed E-state index contributed by atoms with van der Waals surface area (Å²) in [7, 11) is 3.19. The normalized spacial score (nSPS) is 14.6. The highest BCUT2D eigenvalue weighted by atomic mass is 16.6. The van der Waals surface area contributed by atoms with Gasteiger partial charge in [0.2, 0.25) is 5.91 Å². The lowest BCUT2D eigenvalue weighted by Gasteiger charge is -2.34. The highest BCUT2D eigenvalue weighted by molar-refractivity contribution is 6.00. The fraction of sp³-hybridized carbons (Fsp3) is 0.250. The summed E-state index contributed by atoms with van der Waals surface area (Å²) >= 11 is 0. The molecular formula is C28H30N4O5. The average Bonchev–Trinajstić information content (AvgIpc) is 2.89. The number of nitrogens with zero attached hydrogens (tertiary/aromatic N) is 1. The quantitative estimate of drug-likeness (QED) is 0.368. The van der Waals surface area contributed by atoms with Gasteiger partial charge in [-0.3, -0.25) is 19.2 Å². The molecule has 0 saturated carbocycles. The number of aromatic hydroxyl groups is 1. The molecule has 0 bridgehead atoms. The van der Waals surface area contributed by atoms with Crippen molar-refractivity contribution in [2.75, 3.05) is 25.6 Å². The smallest absolute Gasteiger partial charge is 0.278 e. The maximum Gasteiger partial charge on any atom is 0.278 e. The Kier molecular flexibility index (Phi) is 7.86. The first-order chi connectivity index (χ1) is 17.8. The van der Waals surface area contributed by atoms with Crippen LogP contribution < -0.4 is 21.0 Å². The number of rotatable bonds is 7. The van der Waals surface area contributed by atoms with Crippen molar-refractivity contribution in [1.82, 2.24) is 16.1 Å². The lowest BCUT2D eigenvalue weighted by atomic mass is 9.92. The highest BCUT2D eigenvalue weighted by Gasteiger charge is 2.29. The fourth-order valence-electron chi connectivity index (χ4n) is 4.54. The zero-order chi connectivity index (χ0) is 26.5. The van der Waals surface area contributed by atoms with Crippen LogP contribution in [0.5, 0.6) is 5.75 Å². The van der Waals surface area contributed by atoms with Crippen LogP contribution >= 0.6 is 0 Å². The first kappa shape index (κ1) is 25.9. The molecule has 3 amide bonds. The van der Waals surface area contributed by atoms with Gasteiger partial charge in [-0.05, 0) is 66.1 Å². The number of phenolic OH excluding ortho intramolecular Hbond substituents is 1. The number of benzene rings is 3. The number of phenols is 1. The van der Waals surface area contributed by atoms with E-state index in [-0.39, 0.29) is 28.8 Å². The number of carbonyl (C=O) groups is 3. The van der Waals surface area contributed by atoms with E-state index in [0.29, 0.717) is 13.0 Å². The number of fused-ring (bicyclic) bond motifs is 1. The van der Waals surface area contributed by atoms with Crippen LogP contribution in [-0.2, 0) is 16.2 Å². The second-order valence-corrected chi connectivity index (χ2v) is 8.85. The van der Waals surface area contributed by atoms with Gasteiger partial charge in [0.1, 0.15) is 5.75 Å². The van der Waals surface area contributed by atoms with E-state index in [0.717, 1.165) is 28.9 Å². The standard InChI is InChI=1S/C28H30N4O5/c1-17(33)32-13-12-24(30-27(35)21-8-10-22(26(34)15-21)28(36)31-37-3)23-14-20(9-11-25(23)32)19-6-4-18(5-7-19)16-29-2/h4-11,14-15,24,29,34H,12-13,16H2,1-3H3,(H,30,35)(H,31,36)/t24-/m1/s1. The van der Waals surface area contributed by atoms with Crippen molar-refractivity contribution >= 4 is 23.4 Å². The molecule has 0 fully saturated rings. The minimum absolute atomic E-state index is 0.0103. The van der Waals surface area contributed by atoms with Gasteiger partial charge in [0, 0.05) is 31.3 Å². The van der Waals surface area contributed by atoms with Crippen LogP contribution in [-0.4, -0.2) is 43.5 Å². The number of carbonyl (C=O) groups excluding carboxylic acids is 3. The lowest BCUT2D eigenvalue weighted by Crippen LogP contribution is -2.40. The Hall–Kier alpha value is -4.21. The Morgan fingerprint density at radius 2 is 1.73 bits per heavy atom. The molecule has 0 radical (unpaired) electrons. The van der Waals surface area contributed by atoms with E-state index in [9.17, 15) is 19.5 Å². The maximum absolute atomic E-state index is 13.1. The molecule has 0 aliphatic carbocycles. The van der Waals surface area contributed by atoms with E-state index in [1.807, 2.05) is 25.2 Å². The minimum atomic E-state index is -0.621. The molecule has 1 atom stereocenters. The first-order valence-corrected chi connectivity index (χ1v) is 12.0. The third-order valence-electron chi connectivity index (χ3n) is 6.39. The van der Waals surface area contributed by atoms with Gasteiger partial charge in [0.15, 0.2) is 0 Å². The SMILES string of the molecule is CNCc1ccc(-c2ccc3c(c2)[C@H](NC(=O)c2ccc(C(=O)NOC)c(O)c2)CCN3C(C)=O)cc1. The summed E-state index contributed by atoms with van der Waals surface area (Å²) in [6, 6.07) is 17.9. The second kappa shape index (κ2) is 11.2. The maximum atomic E-state index is 13.1. The molecule has 9 heteroatoms. The summed E-state index contributed by atoms with van der Waals surface area (Å²) in [5.74, 6) is -1.42. The topological polar surface area (TPSA) is 120 Å². The van der Waals surface area contributed by atoms with Gasteiger partial charge in [-0.25, -0.2) is 5.48 Å². The van der Waals surface area contributed by atoms with Crippen molar-refractivity contribution in [1.29, 1.82) is 0 Å². The molecule has 3 aromatic carbocycles. The van der Waals surface area contributed by atoms with Gasteiger partial charge in [-0.1, -0.05) is 30.3 Å². The molecule has 192 valence electrons. The largest absolute Gasteiger partial charge is 0.507 e. The number of anilines is 1. The van der Waals surface area contributed by atoms with E-state index < -0.39 is 11.8 Å². The zero-order valence-corrected chi connectivity index (χ0v) is 21.0. The van der Waals surface area contributed by atoms with E-state index in [1.54, 1.807) is 4.90 Å². The molecule has 1 aliphatic heterocycles. The summed E-state index contributed by atoms with van der Waals surface area (Å²) in [5, 5.41) is 16.4. The molecule has 4 N–H and O–H groups in total. The molecule has 0 aromatic heterocycles. The van der Waals surface area contributed by atoms with Crippen molar-refractivity contribution < 1.29 is 24.3 Å². The summed E-state index contributed by atoms with van der Waals surface area (Å²) in [5.41, 5.74) is 7.11. The number of hydrogen-bond donors (Lipinski definition) is 4. The van der Waals surface area contributed by atoms with Crippen LogP contribution in [0, 0.1) is 0 Å². The Labute approximate surface area is 215 Å². The lowest BCUT2D eigenvalue weighted by molar-refractivity contribution is -0.116. The molecule has 4 rings (SSSR count). The van der Waals surface area contributed by atoms with Crippen molar-refractivity contribution in [3.63, 3.8) is 0 Å². The second-order valence-electron chi connectivity index (χ2n) is 8.85. The van der Waals surface area contributed by atoms with E-state index >= 15 is 0 Å².